The average Bonchev–Trinajstić information content (AvgIpc) is 2.84. The highest BCUT2D eigenvalue weighted by molar-refractivity contribution is 5.97. The maximum Gasteiger partial charge on any atom is 0.241 e. The van der Waals surface area contributed by atoms with E-state index in [-0.39, 0.29) is 11.9 Å². The van der Waals surface area contributed by atoms with Crippen LogP contribution in [0.2, 0.25) is 0 Å². The Morgan fingerprint density at radius 1 is 1.29 bits per heavy atom. The summed E-state index contributed by atoms with van der Waals surface area (Å²) in [4.78, 5) is 18.6. The molecule has 0 saturated heterocycles. The number of anilines is 1. The van der Waals surface area contributed by atoms with E-state index in [2.05, 4.69) is 23.3 Å². The van der Waals surface area contributed by atoms with Gasteiger partial charge in [0.15, 0.2) is 0 Å². The minimum atomic E-state index is 0.114. The van der Waals surface area contributed by atoms with Crippen LogP contribution in [0.4, 0.5) is 5.69 Å². The fourth-order valence-electron chi connectivity index (χ4n) is 2.83. The lowest BCUT2D eigenvalue weighted by Crippen LogP contribution is -2.41. The van der Waals surface area contributed by atoms with Crippen LogP contribution in [0.15, 0.2) is 48.7 Å². The van der Waals surface area contributed by atoms with Crippen molar-refractivity contribution < 1.29 is 4.79 Å². The number of para-hydroxylation sites is 1. The molecule has 2 heterocycles. The van der Waals surface area contributed by atoms with E-state index in [9.17, 15) is 4.79 Å². The molecule has 108 valence electrons. The predicted molar refractivity (Wildman–Crippen MR) is 83.0 cm³/mol. The highest BCUT2D eigenvalue weighted by atomic mass is 16.2. The molecule has 0 aliphatic carbocycles. The van der Waals surface area contributed by atoms with Crippen molar-refractivity contribution in [3.8, 4) is 0 Å². The van der Waals surface area contributed by atoms with Gasteiger partial charge in [-0.3, -0.25) is 9.78 Å². The number of benzene rings is 1. The summed E-state index contributed by atoms with van der Waals surface area (Å²) in [7, 11) is 0. The molecule has 1 aromatic carbocycles. The van der Waals surface area contributed by atoms with Gasteiger partial charge in [0.1, 0.15) is 0 Å². The van der Waals surface area contributed by atoms with Crippen molar-refractivity contribution in [1.29, 1.82) is 0 Å². The first kappa shape index (κ1) is 13.8. The molecular weight excluding hydrogens is 262 g/mol. The molecule has 0 radical (unpaired) electrons. The van der Waals surface area contributed by atoms with E-state index in [1.54, 1.807) is 6.20 Å². The van der Waals surface area contributed by atoms with Gasteiger partial charge in [0.05, 0.1) is 12.2 Å². The summed E-state index contributed by atoms with van der Waals surface area (Å²) in [6.45, 7) is 3.03. The number of aromatic nitrogens is 1. The Labute approximate surface area is 124 Å². The average molecular weight is 281 g/mol. The van der Waals surface area contributed by atoms with Crippen LogP contribution >= 0.6 is 0 Å². The van der Waals surface area contributed by atoms with E-state index in [0.717, 1.165) is 17.8 Å². The number of pyridine rings is 1. The lowest BCUT2D eigenvalue weighted by atomic mass is 10.1. The van der Waals surface area contributed by atoms with Crippen molar-refractivity contribution >= 4 is 11.6 Å². The van der Waals surface area contributed by atoms with Crippen LogP contribution in [0.1, 0.15) is 18.2 Å². The second-order valence-corrected chi connectivity index (χ2v) is 5.37. The van der Waals surface area contributed by atoms with Gasteiger partial charge in [0.25, 0.3) is 0 Å². The largest absolute Gasteiger partial charge is 0.308 e. The molecule has 1 unspecified atom stereocenters. The second-order valence-electron chi connectivity index (χ2n) is 5.37. The van der Waals surface area contributed by atoms with Crippen LogP contribution in [0, 0.1) is 0 Å². The lowest BCUT2D eigenvalue weighted by molar-refractivity contribution is -0.118. The molecule has 0 saturated carbocycles. The molecule has 1 aliphatic rings. The standard InChI is InChI=1S/C17H19N3O/c1-13-10-14-6-2-3-8-16(14)20(13)17(21)12-18-11-15-7-4-5-9-19-15/h2-9,13,18H,10-12H2,1H3. The highest BCUT2D eigenvalue weighted by Crippen LogP contribution is 2.31. The van der Waals surface area contributed by atoms with Gasteiger partial charge in [-0.15, -0.1) is 0 Å². The SMILES string of the molecule is CC1Cc2ccccc2N1C(=O)CNCc1ccccn1. The molecule has 3 rings (SSSR count). The molecule has 1 amide bonds. The number of hydrogen-bond donors (Lipinski definition) is 1. The number of nitrogens with zero attached hydrogens (tertiary/aromatic N) is 2. The molecule has 1 aromatic heterocycles. The van der Waals surface area contributed by atoms with Gasteiger partial charge >= 0.3 is 0 Å². The van der Waals surface area contributed by atoms with Crippen molar-refractivity contribution in [3.05, 3.63) is 59.9 Å². The maximum atomic E-state index is 12.5. The smallest absolute Gasteiger partial charge is 0.241 e. The number of carbonyl (C=O) groups is 1. The summed E-state index contributed by atoms with van der Waals surface area (Å²) in [6.07, 6.45) is 2.69. The summed E-state index contributed by atoms with van der Waals surface area (Å²) < 4.78 is 0. The van der Waals surface area contributed by atoms with E-state index < -0.39 is 0 Å². The Hall–Kier alpha value is -2.20. The molecule has 1 atom stereocenters. The summed E-state index contributed by atoms with van der Waals surface area (Å²) in [5, 5.41) is 3.18. The number of nitrogens with one attached hydrogen (secondary N) is 1. The van der Waals surface area contributed by atoms with Crippen molar-refractivity contribution in [1.82, 2.24) is 10.3 Å². The van der Waals surface area contributed by atoms with Gasteiger partial charge in [-0.2, -0.15) is 0 Å². The van der Waals surface area contributed by atoms with Gasteiger partial charge in [-0.1, -0.05) is 24.3 Å². The number of carbonyl (C=O) groups excluding carboxylic acids is 1. The molecule has 2 aromatic rings. The first-order valence-electron chi connectivity index (χ1n) is 7.26. The van der Waals surface area contributed by atoms with Crippen LogP contribution in [0.5, 0.6) is 0 Å². The van der Waals surface area contributed by atoms with E-state index in [1.165, 1.54) is 5.56 Å². The Bertz CT molecular complexity index is 627. The number of rotatable bonds is 4. The molecule has 1 aliphatic heterocycles. The molecular formula is C17H19N3O. The first-order valence-corrected chi connectivity index (χ1v) is 7.26. The molecule has 1 N–H and O–H groups in total. The van der Waals surface area contributed by atoms with Gasteiger partial charge in [-0.25, -0.2) is 0 Å². The van der Waals surface area contributed by atoms with Gasteiger partial charge in [0.2, 0.25) is 5.91 Å². The first-order chi connectivity index (χ1) is 10.3. The third-order valence-electron chi connectivity index (χ3n) is 3.78. The summed E-state index contributed by atoms with van der Waals surface area (Å²) in [5.41, 5.74) is 3.25. The zero-order valence-electron chi connectivity index (χ0n) is 12.1. The van der Waals surface area contributed by atoms with Crippen LogP contribution < -0.4 is 10.2 Å². The van der Waals surface area contributed by atoms with Crippen molar-refractivity contribution in [3.63, 3.8) is 0 Å². The lowest BCUT2D eigenvalue weighted by Gasteiger charge is -2.22. The Morgan fingerprint density at radius 3 is 2.90 bits per heavy atom. The number of hydrogen-bond acceptors (Lipinski definition) is 3. The Morgan fingerprint density at radius 2 is 2.10 bits per heavy atom. The number of fused-ring (bicyclic) bond motifs is 1. The zero-order chi connectivity index (χ0) is 14.7. The molecule has 4 heteroatoms. The predicted octanol–water partition coefficient (Wildman–Crippen LogP) is 2.15. The number of amides is 1. The van der Waals surface area contributed by atoms with Crippen LogP contribution in [-0.2, 0) is 17.8 Å². The second kappa shape index (κ2) is 6.06. The van der Waals surface area contributed by atoms with Crippen LogP contribution in [0.3, 0.4) is 0 Å². The van der Waals surface area contributed by atoms with Gasteiger partial charge in [-0.05, 0) is 37.1 Å². The third-order valence-corrected chi connectivity index (χ3v) is 3.78. The zero-order valence-corrected chi connectivity index (χ0v) is 12.1. The van der Waals surface area contributed by atoms with Crippen LogP contribution in [0.25, 0.3) is 0 Å². The molecule has 0 fully saturated rings. The fourth-order valence-corrected chi connectivity index (χ4v) is 2.83. The van der Waals surface area contributed by atoms with Gasteiger partial charge in [0, 0.05) is 24.5 Å². The van der Waals surface area contributed by atoms with Crippen molar-refractivity contribution in [2.45, 2.75) is 25.9 Å². The summed E-state index contributed by atoms with van der Waals surface area (Å²) >= 11 is 0. The Kier molecular flexibility index (Phi) is 3.97. The molecule has 0 spiro atoms. The normalized spacial score (nSPS) is 16.8. The van der Waals surface area contributed by atoms with Crippen LogP contribution in [-0.4, -0.2) is 23.5 Å². The van der Waals surface area contributed by atoms with Gasteiger partial charge < -0.3 is 10.2 Å². The quantitative estimate of drug-likeness (QED) is 0.934. The highest BCUT2D eigenvalue weighted by Gasteiger charge is 2.29. The minimum Gasteiger partial charge on any atom is -0.308 e. The molecule has 21 heavy (non-hydrogen) atoms. The Balaban J connectivity index is 1.61. The van der Waals surface area contributed by atoms with Crippen molar-refractivity contribution in [2.75, 3.05) is 11.4 Å². The minimum absolute atomic E-state index is 0.114. The summed E-state index contributed by atoms with van der Waals surface area (Å²) in [5.74, 6) is 0.114. The third kappa shape index (κ3) is 2.95. The molecule has 0 bridgehead atoms. The maximum absolute atomic E-state index is 12.5. The summed E-state index contributed by atoms with van der Waals surface area (Å²) in [6, 6.07) is 14.1. The van der Waals surface area contributed by atoms with Crippen molar-refractivity contribution in [2.24, 2.45) is 0 Å². The topological polar surface area (TPSA) is 45.2 Å². The molecule has 4 nitrogen and oxygen atoms in total. The fraction of sp³-hybridized carbons (Fsp3) is 0.294. The van der Waals surface area contributed by atoms with E-state index in [1.807, 2.05) is 41.3 Å². The van der Waals surface area contributed by atoms with E-state index >= 15 is 0 Å². The van der Waals surface area contributed by atoms with E-state index in [4.69, 9.17) is 0 Å². The van der Waals surface area contributed by atoms with E-state index in [0.29, 0.717) is 13.1 Å². The monoisotopic (exact) mass is 281 g/mol.